The number of ether oxygens (including phenoxy) is 1. The highest BCUT2D eigenvalue weighted by Crippen LogP contribution is 2.38. The summed E-state index contributed by atoms with van der Waals surface area (Å²) in [4.78, 5) is 4.87. The summed E-state index contributed by atoms with van der Waals surface area (Å²) in [6.45, 7) is 11.1. The molecule has 0 atom stereocenters. The minimum Gasteiger partial charge on any atom is -0.458 e. The Labute approximate surface area is 345 Å². The van der Waals surface area contributed by atoms with Gasteiger partial charge in [-0.05, 0) is 107 Å². The average Bonchev–Trinajstić information content (AvgIpc) is 3.80. The summed E-state index contributed by atoms with van der Waals surface area (Å²) in [5.74, 6) is 2.37. The van der Waals surface area contributed by atoms with Gasteiger partial charge in [0.2, 0.25) is 0 Å². The number of fused-ring (bicyclic) bond motifs is 4. The summed E-state index contributed by atoms with van der Waals surface area (Å²) in [5, 5.41) is 2.33. The number of hydrogen-bond donors (Lipinski definition) is 0. The van der Waals surface area contributed by atoms with E-state index in [1.165, 1.54) is 33.2 Å². The summed E-state index contributed by atoms with van der Waals surface area (Å²) in [7, 11) is 0. The third kappa shape index (κ3) is 6.36. The first kappa shape index (κ1) is 36.1. The van der Waals surface area contributed by atoms with Crippen LogP contribution in [0.4, 0.5) is 0 Å². The predicted molar refractivity (Wildman–Crippen MR) is 241 cm³/mol. The van der Waals surface area contributed by atoms with Gasteiger partial charge in [0.25, 0.3) is 6.33 Å². The first-order valence-electron chi connectivity index (χ1n) is 20.2. The third-order valence-electron chi connectivity index (χ3n) is 11.5. The van der Waals surface area contributed by atoms with E-state index in [1.807, 2.05) is 12.3 Å². The number of hydrogen-bond acceptors (Lipinski definition) is 2. The van der Waals surface area contributed by atoms with Crippen LogP contribution in [0.25, 0.3) is 72.3 Å². The molecule has 286 valence electrons. The quantitative estimate of drug-likeness (QED) is 0.120. The molecule has 3 heterocycles. The van der Waals surface area contributed by atoms with Crippen LogP contribution < -0.4 is 9.30 Å². The van der Waals surface area contributed by atoms with Gasteiger partial charge >= 0.3 is 0 Å². The van der Waals surface area contributed by atoms with Crippen molar-refractivity contribution in [3.8, 4) is 50.9 Å². The molecule has 0 bridgehead atoms. The van der Waals surface area contributed by atoms with Gasteiger partial charge in [-0.3, -0.25) is 13.7 Å². The Hall–Kier alpha value is -7.24. The molecule has 10 aromatic rings. The zero-order valence-electron chi connectivity index (χ0n) is 33.9. The summed E-state index contributed by atoms with van der Waals surface area (Å²) >= 11 is 0. The minimum absolute atomic E-state index is 0.00890. The van der Waals surface area contributed by atoms with Gasteiger partial charge in [-0.25, -0.2) is 4.98 Å². The Bertz CT molecular complexity index is 3150. The lowest BCUT2D eigenvalue weighted by molar-refractivity contribution is -0.571. The predicted octanol–water partition coefficient (Wildman–Crippen LogP) is 13.2. The van der Waals surface area contributed by atoms with E-state index in [9.17, 15) is 0 Å². The molecule has 0 aliphatic heterocycles. The summed E-state index contributed by atoms with van der Waals surface area (Å²) in [6, 6.07) is 59.9. The fourth-order valence-electron chi connectivity index (χ4n) is 8.48. The zero-order valence-corrected chi connectivity index (χ0v) is 33.9. The number of rotatable bonds is 7. The lowest BCUT2D eigenvalue weighted by Gasteiger charge is -2.20. The Morgan fingerprint density at radius 1 is 0.542 bits per heavy atom. The molecule has 10 rings (SSSR count). The van der Waals surface area contributed by atoms with Gasteiger partial charge in [-0.15, -0.1) is 0 Å². The highest BCUT2D eigenvalue weighted by Gasteiger charge is 2.22. The molecular weight excluding hydrogens is 721 g/mol. The van der Waals surface area contributed by atoms with Crippen LogP contribution in [-0.2, 0) is 5.41 Å². The number of para-hydroxylation sites is 4. The van der Waals surface area contributed by atoms with Crippen molar-refractivity contribution in [3.05, 3.63) is 199 Å². The fourth-order valence-corrected chi connectivity index (χ4v) is 8.48. The van der Waals surface area contributed by atoms with Gasteiger partial charge in [0, 0.05) is 23.0 Å². The van der Waals surface area contributed by atoms with E-state index >= 15 is 0 Å². The molecule has 0 aliphatic carbocycles. The Morgan fingerprint density at radius 3 is 1.88 bits per heavy atom. The van der Waals surface area contributed by atoms with E-state index in [0.29, 0.717) is 0 Å². The number of imidazole rings is 1. The maximum atomic E-state index is 6.73. The number of pyridine rings is 1. The molecule has 0 unspecified atom stereocenters. The molecule has 0 spiro atoms. The smallest absolute Gasteiger partial charge is 0.269 e. The van der Waals surface area contributed by atoms with Crippen molar-refractivity contribution in [2.24, 2.45) is 0 Å². The summed E-state index contributed by atoms with van der Waals surface area (Å²) < 4.78 is 13.4. The van der Waals surface area contributed by atoms with Gasteiger partial charge in [0.05, 0.1) is 33.4 Å². The molecule has 3 aromatic heterocycles. The standard InChI is InChI=1S/C54H44N4O/c1-36-16-6-8-20-42(36)46-23-15-24-47(43-21-9-7-17-37(43)2)53(46)57-35-56(49-26-12-13-27-50(49)57)39-18-14-19-40(33-39)59-41-28-29-45-44-22-10-11-25-48(44)58(51(45)34-41)52-32-38(30-31-55-52)54(3,4)5/h6-34H,1-5H3. The molecule has 0 radical (unpaired) electrons. The van der Waals surface area contributed by atoms with Crippen molar-refractivity contribution in [2.75, 3.05) is 0 Å². The van der Waals surface area contributed by atoms with Crippen molar-refractivity contribution in [1.29, 1.82) is 0 Å². The SMILES string of the molecule is Cc1ccccc1-c1cccc(-c2ccccc2C)c1-[n+]1[c-]n(-c2cccc(Oc3ccc4c5ccccc5n(-c5cc(C(C)(C)C)ccn5)c4c3)c2)c2ccccc21. The normalized spacial score (nSPS) is 11.8. The van der Waals surface area contributed by atoms with Crippen LogP contribution in [0.3, 0.4) is 0 Å². The number of aryl methyl sites for hydroxylation is 2. The van der Waals surface area contributed by atoms with Gasteiger partial charge in [0.1, 0.15) is 17.3 Å². The fraction of sp³-hybridized carbons (Fsp3) is 0.111. The van der Waals surface area contributed by atoms with Crippen LogP contribution >= 0.6 is 0 Å². The molecular formula is C54H44N4O. The second-order valence-electron chi connectivity index (χ2n) is 16.4. The lowest BCUT2D eigenvalue weighted by atomic mass is 9.88. The van der Waals surface area contributed by atoms with Gasteiger partial charge < -0.3 is 4.74 Å². The van der Waals surface area contributed by atoms with E-state index in [1.54, 1.807) is 0 Å². The monoisotopic (exact) mass is 764 g/mol. The molecule has 0 saturated heterocycles. The molecule has 5 heteroatoms. The molecule has 0 amide bonds. The van der Waals surface area contributed by atoms with Crippen molar-refractivity contribution in [3.63, 3.8) is 0 Å². The highest BCUT2D eigenvalue weighted by atomic mass is 16.5. The minimum atomic E-state index is -0.00890. The lowest BCUT2D eigenvalue weighted by Crippen LogP contribution is -2.31. The topological polar surface area (TPSA) is 35.9 Å². The number of aromatic nitrogens is 4. The van der Waals surface area contributed by atoms with Crippen molar-refractivity contribution in [2.45, 2.75) is 40.0 Å². The Morgan fingerprint density at radius 2 is 1.15 bits per heavy atom. The van der Waals surface area contributed by atoms with Crippen LogP contribution in [0, 0.1) is 20.2 Å². The van der Waals surface area contributed by atoms with E-state index in [0.717, 1.165) is 67.3 Å². The van der Waals surface area contributed by atoms with Gasteiger partial charge in [-0.1, -0.05) is 136 Å². The largest absolute Gasteiger partial charge is 0.458 e. The molecule has 0 N–H and O–H groups in total. The third-order valence-corrected chi connectivity index (χ3v) is 11.5. The highest BCUT2D eigenvalue weighted by molar-refractivity contribution is 6.09. The van der Waals surface area contributed by atoms with Gasteiger partial charge in [0.15, 0.2) is 0 Å². The van der Waals surface area contributed by atoms with Crippen LogP contribution in [0.15, 0.2) is 176 Å². The van der Waals surface area contributed by atoms with E-state index in [4.69, 9.17) is 9.72 Å². The first-order valence-corrected chi connectivity index (χ1v) is 20.2. The maximum Gasteiger partial charge on any atom is 0.269 e. The molecule has 0 aliphatic rings. The summed E-state index contributed by atoms with van der Waals surface area (Å²) in [5.41, 5.74) is 14.6. The van der Waals surface area contributed by atoms with Crippen LogP contribution in [0.5, 0.6) is 11.5 Å². The van der Waals surface area contributed by atoms with Crippen molar-refractivity contribution < 1.29 is 9.30 Å². The molecule has 5 nitrogen and oxygen atoms in total. The molecule has 59 heavy (non-hydrogen) atoms. The summed E-state index contributed by atoms with van der Waals surface area (Å²) in [6.07, 6.45) is 5.74. The number of benzene rings is 7. The van der Waals surface area contributed by atoms with Crippen molar-refractivity contribution >= 4 is 32.8 Å². The number of nitrogens with zero attached hydrogens (tertiary/aromatic N) is 4. The van der Waals surface area contributed by atoms with Crippen LogP contribution in [0.2, 0.25) is 0 Å². The van der Waals surface area contributed by atoms with Crippen molar-refractivity contribution in [1.82, 2.24) is 14.1 Å². The van der Waals surface area contributed by atoms with E-state index in [-0.39, 0.29) is 5.41 Å². The maximum absolute atomic E-state index is 6.73. The second-order valence-corrected chi connectivity index (χ2v) is 16.4. The first-order chi connectivity index (χ1) is 28.7. The molecule has 7 aromatic carbocycles. The van der Waals surface area contributed by atoms with E-state index in [2.05, 4.69) is 218 Å². The zero-order chi connectivity index (χ0) is 40.3. The van der Waals surface area contributed by atoms with Crippen LogP contribution in [0.1, 0.15) is 37.5 Å². The molecule has 0 fully saturated rings. The Balaban J connectivity index is 1.10. The van der Waals surface area contributed by atoms with Crippen LogP contribution in [-0.4, -0.2) is 14.1 Å². The van der Waals surface area contributed by atoms with E-state index < -0.39 is 0 Å². The second kappa shape index (κ2) is 14.3. The average molecular weight is 765 g/mol. The molecule has 0 saturated carbocycles. The Kier molecular flexibility index (Phi) is 8.75. The van der Waals surface area contributed by atoms with Gasteiger partial charge in [-0.2, -0.15) is 0 Å².